The van der Waals surface area contributed by atoms with Gasteiger partial charge in [-0.1, -0.05) is 64.0 Å². The van der Waals surface area contributed by atoms with E-state index in [2.05, 4.69) is 15.9 Å². The van der Waals surface area contributed by atoms with Crippen LogP contribution in [0.25, 0.3) is 11.8 Å². The molecule has 162 valence electrons. The highest BCUT2D eigenvalue weighted by Crippen LogP contribution is 2.32. The molecule has 0 spiro atoms. The van der Waals surface area contributed by atoms with Gasteiger partial charge in [-0.05, 0) is 61.4 Å². The summed E-state index contributed by atoms with van der Waals surface area (Å²) < 4.78 is 18.3. The van der Waals surface area contributed by atoms with E-state index in [1.165, 1.54) is 0 Å². The van der Waals surface area contributed by atoms with Crippen molar-refractivity contribution in [2.75, 3.05) is 6.61 Å². The summed E-state index contributed by atoms with van der Waals surface area (Å²) in [6.45, 7) is 4.89. The van der Waals surface area contributed by atoms with Crippen molar-refractivity contribution in [1.29, 1.82) is 0 Å². The van der Waals surface area contributed by atoms with Crippen molar-refractivity contribution in [3.63, 3.8) is 0 Å². The maximum Gasteiger partial charge on any atom is 0.343 e. The number of carbonyl (C=O) groups is 1. The van der Waals surface area contributed by atoms with Crippen LogP contribution in [-0.2, 0) is 16.1 Å². The fourth-order valence-corrected chi connectivity index (χ4v) is 3.54. The first-order valence-corrected chi connectivity index (χ1v) is 11.2. The third-order valence-electron chi connectivity index (χ3n) is 4.96. The summed E-state index contributed by atoms with van der Waals surface area (Å²) in [5.41, 5.74) is 4.41. The Kier molecular flexibility index (Phi) is 6.76. The standard InChI is InChI=1S/C27H23BrO4/c1-3-30-26-15-20(8-13-24(26)31-17-19-6-11-23(28)12-7-19)14-22-16-25(32-27(22)29)21-9-4-18(2)5-10-21/h4-16H,3,17H2,1-2H3/b22-14+. The second-order valence-electron chi connectivity index (χ2n) is 7.42. The van der Waals surface area contributed by atoms with Crippen molar-refractivity contribution >= 4 is 33.7 Å². The largest absolute Gasteiger partial charge is 0.490 e. The number of aryl methyl sites for hydroxylation is 1. The van der Waals surface area contributed by atoms with Gasteiger partial charge in [0.05, 0.1) is 12.2 Å². The number of halogens is 1. The zero-order valence-electron chi connectivity index (χ0n) is 17.9. The molecule has 3 aromatic rings. The van der Waals surface area contributed by atoms with Gasteiger partial charge in [0.2, 0.25) is 0 Å². The molecule has 0 aliphatic carbocycles. The van der Waals surface area contributed by atoms with Crippen LogP contribution in [0.3, 0.4) is 0 Å². The Labute approximate surface area is 196 Å². The maximum absolute atomic E-state index is 12.4. The number of esters is 1. The van der Waals surface area contributed by atoms with E-state index in [9.17, 15) is 4.79 Å². The molecule has 0 N–H and O–H groups in total. The lowest BCUT2D eigenvalue weighted by molar-refractivity contribution is -0.130. The zero-order valence-corrected chi connectivity index (χ0v) is 19.5. The number of rotatable bonds is 7. The van der Waals surface area contributed by atoms with E-state index in [1.54, 1.807) is 12.2 Å². The lowest BCUT2D eigenvalue weighted by Crippen LogP contribution is -2.00. The maximum atomic E-state index is 12.4. The van der Waals surface area contributed by atoms with Gasteiger partial charge in [0.25, 0.3) is 0 Å². The van der Waals surface area contributed by atoms with Crippen molar-refractivity contribution in [3.05, 3.63) is 105 Å². The number of hydrogen-bond donors (Lipinski definition) is 0. The minimum atomic E-state index is -0.367. The van der Waals surface area contributed by atoms with Crippen LogP contribution in [0.15, 0.2) is 82.9 Å². The summed E-state index contributed by atoms with van der Waals surface area (Å²) in [4.78, 5) is 12.4. The van der Waals surface area contributed by atoms with Crippen LogP contribution in [-0.4, -0.2) is 12.6 Å². The van der Waals surface area contributed by atoms with Crippen molar-refractivity contribution in [2.24, 2.45) is 0 Å². The van der Waals surface area contributed by atoms with Crippen molar-refractivity contribution in [2.45, 2.75) is 20.5 Å². The fourth-order valence-electron chi connectivity index (χ4n) is 3.27. The van der Waals surface area contributed by atoms with Gasteiger partial charge in [-0.3, -0.25) is 0 Å². The molecular formula is C27H23BrO4. The van der Waals surface area contributed by atoms with Crippen LogP contribution in [0, 0.1) is 6.92 Å². The first kappa shape index (κ1) is 21.9. The second kappa shape index (κ2) is 9.88. The lowest BCUT2D eigenvalue weighted by atomic mass is 10.1. The Morgan fingerprint density at radius 3 is 2.41 bits per heavy atom. The quantitative estimate of drug-likeness (QED) is 0.272. The number of cyclic esters (lactones) is 1. The SMILES string of the molecule is CCOc1cc(/C=C2\C=C(c3ccc(C)cc3)OC2=O)ccc1OCc1ccc(Br)cc1. The molecule has 5 heteroatoms. The van der Waals surface area contributed by atoms with Gasteiger partial charge in [0.15, 0.2) is 11.5 Å². The molecule has 0 amide bonds. The van der Waals surface area contributed by atoms with E-state index in [1.807, 2.05) is 80.6 Å². The Morgan fingerprint density at radius 1 is 0.938 bits per heavy atom. The second-order valence-corrected chi connectivity index (χ2v) is 8.33. The average Bonchev–Trinajstić information content (AvgIpc) is 3.15. The summed E-state index contributed by atoms with van der Waals surface area (Å²) in [7, 11) is 0. The molecule has 1 aliphatic heterocycles. The summed E-state index contributed by atoms with van der Waals surface area (Å²) in [6, 6.07) is 21.5. The van der Waals surface area contributed by atoms with Crippen LogP contribution < -0.4 is 9.47 Å². The van der Waals surface area contributed by atoms with Crippen LogP contribution in [0.4, 0.5) is 0 Å². The average molecular weight is 491 g/mol. The molecule has 0 unspecified atom stereocenters. The van der Waals surface area contributed by atoms with Crippen LogP contribution in [0.2, 0.25) is 0 Å². The molecule has 0 aromatic heterocycles. The molecule has 1 heterocycles. The van der Waals surface area contributed by atoms with Gasteiger partial charge in [-0.15, -0.1) is 0 Å². The Hall–Kier alpha value is -3.31. The highest BCUT2D eigenvalue weighted by atomic mass is 79.9. The van der Waals surface area contributed by atoms with Gasteiger partial charge in [0.1, 0.15) is 12.4 Å². The number of benzene rings is 3. The molecule has 4 nitrogen and oxygen atoms in total. The van der Waals surface area contributed by atoms with Crippen molar-refractivity contribution in [1.82, 2.24) is 0 Å². The molecule has 3 aromatic carbocycles. The van der Waals surface area contributed by atoms with Crippen LogP contribution >= 0.6 is 15.9 Å². The van der Waals surface area contributed by atoms with E-state index in [-0.39, 0.29) is 5.97 Å². The third kappa shape index (κ3) is 5.29. The van der Waals surface area contributed by atoms with E-state index in [0.29, 0.717) is 36.0 Å². The van der Waals surface area contributed by atoms with E-state index in [4.69, 9.17) is 14.2 Å². The number of hydrogen-bond acceptors (Lipinski definition) is 4. The van der Waals surface area contributed by atoms with Gasteiger partial charge >= 0.3 is 5.97 Å². The molecule has 0 bridgehead atoms. The van der Waals surface area contributed by atoms with Gasteiger partial charge < -0.3 is 14.2 Å². The first-order valence-electron chi connectivity index (χ1n) is 10.4. The van der Waals surface area contributed by atoms with Crippen molar-refractivity contribution < 1.29 is 19.0 Å². The van der Waals surface area contributed by atoms with Crippen LogP contribution in [0.1, 0.15) is 29.2 Å². The van der Waals surface area contributed by atoms with E-state index < -0.39 is 0 Å². The smallest absolute Gasteiger partial charge is 0.343 e. The zero-order chi connectivity index (χ0) is 22.5. The molecule has 0 fully saturated rings. The Morgan fingerprint density at radius 2 is 1.69 bits per heavy atom. The molecule has 0 saturated heterocycles. The normalized spacial score (nSPS) is 14.3. The lowest BCUT2D eigenvalue weighted by Gasteiger charge is -2.13. The van der Waals surface area contributed by atoms with Crippen molar-refractivity contribution in [3.8, 4) is 11.5 Å². The third-order valence-corrected chi connectivity index (χ3v) is 5.49. The van der Waals surface area contributed by atoms with Gasteiger partial charge in [-0.25, -0.2) is 4.79 Å². The van der Waals surface area contributed by atoms with E-state index in [0.717, 1.165) is 26.7 Å². The Balaban J connectivity index is 1.54. The minimum absolute atomic E-state index is 0.367. The number of carbonyl (C=O) groups excluding carboxylic acids is 1. The summed E-state index contributed by atoms with van der Waals surface area (Å²) in [5.74, 6) is 1.48. The minimum Gasteiger partial charge on any atom is -0.490 e. The Bertz CT molecular complexity index is 1180. The predicted molar refractivity (Wildman–Crippen MR) is 129 cm³/mol. The number of ether oxygens (including phenoxy) is 3. The van der Waals surface area contributed by atoms with E-state index >= 15 is 0 Å². The summed E-state index contributed by atoms with van der Waals surface area (Å²) in [6.07, 6.45) is 3.57. The van der Waals surface area contributed by atoms with Gasteiger partial charge in [0, 0.05) is 10.0 Å². The monoisotopic (exact) mass is 490 g/mol. The predicted octanol–water partition coefficient (Wildman–Crippen LogP) is 6.72. The summed E-state index contributed by atoms with van der Waals surface area (Å²) in [5, 5.41) is 0. The highest BCUT2D eigenvalue weighted by molar-refractivity contribution is 9.10. The topological polar surface area (TPSA) is 44.8 Å². The van der Waals surface area contributed by atoms with Gasteiger partial charge in [-0.2, -0.15) is 0 Å². The fraction of sp³-hybridized carbons (Fsp3) is 0.148. The van der Waals surface area contributed by atoms with Crippen LogP contribution in [0.5, 0.6) is 11.5 Å². The highest BCUT2D eigenvalue weighted by Gasteiger charge is 2.22. The molecule has 4 rings (SSSR count). The molecule has 0 saturated carbocycles. The first-order chi connectivity index (χ1) is 15.5. The molecule has 32 heavy (non-hydrogen) atoms. The summed E-state index contributed by atoms with van der Waals surface area (Å²) >= 11 is 3.44. The molecule has 0 radical (unpaired) electrons. The molecule has 1 aliphatic rings. The molecule has 0 atom stereocenters. The molecular weight excluding hydrogens is 468 g/mol.